The van der Waals surface area contributed by atoms with Crippen molar-refractivity contribution in [1.82, 2.24) is 0 Å². The summed E-state index contributed by atoms with van der Waals surface area (Å²) in [5.74, 6) is -0.0293. The molecule has 0 aliphatic rings. The molecular formula is C37H24Br2O. The van der Waals surface area contributed by atoms with Crippen LogP contribution in [0.1, 0.15) is 15.9 Å². The summed E-state index contributed by atoms with van der Waals surface area (Å²) in [7, 11) is 0. The topological polar surface area (TPSA) is 17.1 Å². The molecule has 1 nitrogen and oxygen atoms in total. The van der Waals surface area contributed by atoms with Crippen molar-refractivity contribution < 1.29 is 4.79 Å². The summed E-state index contributed by atoms with van der Waals surface area (Å²) in [6, 6.07) is 48.7. The Balaban J connectivity index is 1.58. The molecule has 0 radical (unpaired) electrons. The maximum atomic E-state index is 14.6. The fourth-order valence-corrected chi connectivity index (χ4v) is 6.74. The van der Waals surface area contributed by atoms with E-state index >= 15 is 0 Å². The highest BCUT2D eigenvalue weighted by Crippen LogP contribution is 2.43. The zero-order chi connectivity index (χ0) is 27.5. The van der Waals surface area contributed by atoms with Gasteiger partial charge in [0.2, 0.25) is 0 Å². The molecule has 6 aromatic carbocycles. The van der Waals surface area contributed by atoms with Crippen LogP contribution in [0, 0.1) is 0 Å². The van der Waals surface area contributed by atoms with Gasteiger partial charge in [-0.05, 0) is 77.4 Å². The van der Waals surface area contributed by atoms with Gasteiger partial charge >= 0.3 is 0 Å². The van der Waals surface area contributed by atoms with Gasteiger partial charge in [-0.3, -0.25) is 4.79 Å². The Kier molecular flexibility index (Phi) is 7.59. The second kappa shape index (κ2) is 11.6. The number of carbonyl (C=O) groups is 1. The largest absolute Gasteiger partial charge is 0.289 e. The highest BCUT2D eigenvalue weighted by atomic mass is 79.9. The van der Waals surface area contributed by atoms with Crippen molar-refractivity contribution in [3.8, 4) is 44.5 Å². The van der Waals surface area contributed by atoms with Crippen LogP contribution in [-0.4, -0.2) is 5.78 Å². The molecule has 0 spiro atoms. The molecule has 0 saturated heterocycles. The maximum Gasteiger partial charge on any atom is 0.194 e. The highest BCUT2D eigenvalue weighted by Gasteiger charge is 2.24. The summed E-state index contributed by atoms with van der Waals surface area (Å²) in [4.78, 5) is 14.6. The predicted molar refractivity (Wildman–Crippen MR) is 173 cm³/mol. The summed E-state index contributed by atoms with van der Waals surface area (Å²) in [6.45, 7) is 0. The average Bonchev–Trinajstić information content (AvgIpc) is 3.02. The number of carbonyl (C=O) groups excluding carboxylic acids is 1. The van der Waals surface area contributed by atoms with Crippen molar-refractivity contribution in [1.29, 1.82) is 0 Å². The van der Waals surface area contributed by atoms with Gasteiger partial charge in [0.15, 0.2) is 5.78 Å². The molecule has 0 bridgehead atoms. The standard InChI is InChI=1S/C37H24Br2O/c38-35-29(25-13-5-1-6-14-25)21-23-31(33(35)27-17-9-3-10-18-27)37(40)32-24-22-30(26-15-7-2-8-16-26)36(39)34(32)28-19-11-4-12-20-28/h1-24H. The first-order valence-electron chi connectivity index (χ1n) is 13.0. The van der Waals surface area contributed by atoms with Gasteiger partial charge in [-0.25, -0.2) is 0 Å². The van der Waals surface area contributed by atoms with E-state index < -0.39 is 0 Å². The first-order chi connectivity index (χ1) is 19.6. The molecule has 0 aromatic heterocycles. The lowest BCUT2D eigenvalue weighted by Crippen LogP contribution is -2.08. The van der Waals surface area contributed by atoms with Crippen LogP contribution in [0.4, 0.5) is 0 Å². The smallest absolute Gasteiger partial charge is 0.194 e. The molecule has 0 fully saturated rings. The molecule has 6 rings (SSSR count). The summed E-state index contributed by atoms with van der Waals surface area (Å²) in [5.41, 5.74) is 9.29. The lowest BCUT2D eigenvalue weighted by molar-refractivity contribution is 0.104. The van der Waals surface area contributed by atoms with Gasteiger partial charge < -0.3 is 0 Å². The number of halogens is 2. The molecule has 40 heavy (non-hydrogen) atoms. The van der Waals surface area contributed by atoms with E-state index in [1.807, 2.05) is 97.1 Å². The summed E-state index contributed by atoms with van der Waals surface area (Å²) >= 11 is 7.81. The molecule has 0 amide bonds. The van der Waals surface area contributed by atoms with Crippen LogP contribution in [0.5, 0.6) is 0 Å². The third kappa shape index (κ3) is 4.99. The normalized spacial score (nSPS) is 10.8. The van der Waals surface area contributed by atoms with E-state index in [2.05, 4.69) is 80.4 Å². The number of hydrogen-bond donors (Lipinski definition) is 0. The van der Waals surface area contributed by atoms with Gasteiger partial charge in [0.25, 0.3) is 0 Å². The van der Waals surface area contributed by atoms with E-state index in [0.717, 1.165) is 53.5 Å². The lowest BCUT2D eigenvalue weighted by atomic mass is 9.87. The van der Waals surface area contributed by atoms with Gasteiger partial charge in [0, 0.05) is 31.2 Å². The summed E-state index contributed by atoms with van der Waals surface area (Å²) < 4.78 is 1.80. The third-order valence-electron chi connectivity index (χ3n) is 7.07. The Hall–Kier alpha value is -4.05. The van der Waals surface area contributed by atoms with Crippen LogP contribution in [0.15, 0.2) is 155 Å². The average molecular weight is 644 g/mol. The number of rotatable bonds is 6. The van der Waals surface area contributed by atoms with Crippen molar-refractivity contribution in [2.24, 2.45) is 0 Å². The molecule has 0 saturated carbocycles. The zero-order valence-electron chi connectivity index (χ0n) is 21.5. The van der Waals surface area contributed by atoms with Gasteiger partial charge in [-0.2, -0.15) is 0 Å². The van der Waals surface area contributed by atoms with E-state index in [1.54, 1.807) is 0 Å². The van der Waals surface area contributed by atoms with E-state index in [0.29, 0.717) is 11.1 Å². The minimum atomic E-state index is -0.0293. The number of hydrogen-bond acceptors (Lipinski definition) is 1. The van der Waals surface area contributed by atoms with E-state index in [-0.39, 0.29) is 5.78 Å². The van der Waals surface area contributed by atoms with Crippen molar-refractivity contribution in [2.75, 3.05) is 0 Å². The SMILES string of the molecule is O=C(c1ccc(-c2ccccc2)c(Br)c1-c1ccccc1)c1ccc(-c2ccccc2)c(Br)c1-c1ccccc1. The fraction of sp³-hybridized carbons (Fsp3) is 0. The molecule has 0 aliphatic heterocycles. The van der Waals surface area contributed by atoms with Gasteiger partial charge in [-0.1, -0.05) is 133 Å². The van der Waals surface area contributed by atoms with Gasteiger partial charge in [-0.15, -0.1) is 0 Å². The molecule has 192 valence electrons. The molecule has 6 aromatic rings. The first kappa shape index (κ1) is 26.2. The van der Waals surface area contributed by atoms with Crippen LogP contribution < -0.4 is 0 Å². The zero-order valence-corrected chi connectivity index (χ0v) is 24.7. The fourth-order valence-electron chi connectivity index (χ4n) is 5.13. The molecule has 0 aliphatic carbocycles. The van der Waals surface area contributed by atoms with Crippen LogP contribution in [0.25, 0.3) is 44.5 Å². The van der Waals surface area contributed by atoms with Crippen molar-refractivity contribution in [2.45, 2.75) is 0 Å². The predicted octanol–water partition coefficient (Wildman–Crippen LogP) is 11.1. The Morgan fingerprint density at radius 2 is 0.675 bits per heavy atom. The lowest BCUT2D eigenvalue weighted by Gasteiger charge is -2.19. The third-order valence-corrected chi connectivity index (χ3v) is 8.72. The van der Waals surface area contributed by atoms with E-state index in [4.69, 9.17) is 0 Å². The monoisotopic (exact) mass is 642 g/mol. The van der Waals surface area contributed by atoms with E-state index in [1.165, 1.54) is 0 Å². The van der Waals surface area contributed by atoms with Crippen molar-refractivity contribution in [3.05, 3.63) is 166 Å². The Bertz CT molecular complexity index is 1660. The minimum absolute atomic E-state index is 0.0293. The van der Waals surface area contributed by atoms with Gasteiger partial charge in [0.05, 0.1) is 0 Å². The highest BCUT2D eigenvalue weighted by molar-refractivity contribution is 9.11. The van der Waals surface area contributed by atoms with Crippen LogP contribution in [0.2, 0.25) is 0 Å². The molecule has 0 atom stereocenters. The molecule has 3 heteroatoms. The Morgan fingerprint density at radius 1 is 0.375 bits per heavy atom. The number of ketones is 1. The van der Waals surface area contributed by atoms with Crippen molar-refractivity contribution in [3.63, 3.8) is 0 Å². The second-order valence-corrected chi connectivity index (χ2v) is 11.1. The molecule has 0 heterocycles. The maximum absolute atomic E-state index is 14.6. The molecule has 0 N–H and O–H groups in total. The summed E-state index contributed by atoms with van der Waals surface area (Å²) in [5, 5.41) is 0. The molecular weight excluding hydrogens is 620 g/mol. The first-order valence-corrected chi connectivity index (χ1v) is 14.6. The van der Waals surface area contributed by atoms with Crippen molar-refractivity contribution >= 4 is 37.6 Å². The quantitative estimate of drug-likeness (QED) is 0.165. The van der Waals surface area contributed by atoms with Crippen LogP contribution in [-0.2, 0) is 0 Å². The Morgan fingerprint density at radius 3 is 1.00 bits per heavy atom. The number of benzene rings is 6. The Labute approximate surface area is 251 Å². The second-order valence-electron chi connectivity index (χ2n) is 9.49. The van der Waals surface area contributed by atoms with E-state index in [9.17, 15) is 4.79 Å². The van der Waals surface area contributed by atoms with Crippen LogP contribution >= 0.6 is 31.9 Å². The molecule has 0 unspecified atom stereocenters. The minimum Gasteiger partial charge on any atom is -0.289 e. The van der Waals surface area contributed by atoms with Crippen LogP contribution in [0.3, 0.4) is 0 Å². The summed E-state index contributed by atoms with van der Waals surface area (Å²) in [6.07, 6.45) is 0. The van der Waals surface area contributed by atoms with Gasteiger partial charge in [0.1, 0.15) is 0 Å².